The molecule has 6 heteroatoms. The van der Waals surface area contributed by atoms with Crippen molar-refractivity contribution >= 4 is 33.4 Å². The molecule has 2 aliphatic rings. The number of benzene rings is 1. The second-order valence-corrected chi connectivity index (χ2v) is 6.76. The zero-order valence-corrected chi connectivity index (χ0v) is 14.1. The van der Waals surface area contributed by atoms with Crippen LogP contribution in [0.1, 0.15) is 16.8 Å². The van der Waals surface area contributed by atoms with E-state index < -0.39 is 0 Å². The first-order valence-electron chi connectivity index (χ1n) is 7.21. The number of rotatable bonds is 2. The normalized spacial score (nSPS) is 23.5. The van der Waals surface area contributed by atoms with E-state index in [0.717, 1.165) is 50.3 Å². The molecule has 0 aromatic heterocycles. The lowest BCUT2D eigenvalue weighted by Crippen LogP contribution is -2.45. The van der Waals surface area contributed by atoms with E-state index >= 15 is 0 Å². The predicted octanol–water partition coefficient (Wildman–Crippen LogP) is 2.65. The van der Waals surface area contributed by atoms with Gasteiger partial charge in [-0.3, -0.25) is 9.69 Å². The smallest absolute Gasteiger partial charge is 0.255 e. The van der Waals surface area contributed by atoms with E-state index in [4.69, 9.17) is 16.3 Å². The first-order valence-corrected chi connectivity index (χ1v) is 8.38. The molecule has 0 aliphatic carbocycles. The average molecular weight is 374 g/mol. The first-order chi connectivity index (χ1) is 10.1. The van der Waals surface area contributed by atoms with Gasteiger partial charge in [-0.15, -0.1) is 0 Å². The minimum absolute atomic E-state index is 0.0781. The second kappa shape index (κ2) is 6.65. The molecule has 114 valence electrons. The summed E-state index contributed by atoms with van der Waals surface area (Å²) >= 11 is 9.36. The monoisotopic (exact) mass is 372 g/mol. The Balaban J connectivity index is 1.66. The van der Waals surface area contributed by atoms with Crippen LogP contribution in [0.15, 0.2) is 22.7 Å². The maximum absolute atomic E-state index is 12.6. The van der Waals surface area contributed by atoms with Crippen LogP contribution >= 0.6 is 27.5 Å². The first kappa shape index (κ1) is 15.3. The van der Waals surface area contributed by atoms with Gasteiger partial charge in [0.15, 0.2) is 0 Å². The lowest BCUT2D eigenvalue weighted by atomic mass is 10.2. The Hall–Kier alpha value is -0.620. The van der Waals surface area contributed by atoms with Crippen LogP contribution in [0.25, 0.3) is 0 Å². The fourth-order valence-corrected chi connectivity index (χ4v) is 3.85. The summed E-state index contributed by atoms with van der Waals surface area (Å²) in [6.45, 7) is 5.15. The van der Waals surface area contributed by atoms with Gasteiger partial charge >= 0.3 is 0 Å². The Labute approximate surface area is 138 Å². The van der Waals surface area contributed by atoms with Gasteiger partial charge in [0.25, 0.3) is 5.91 Å². The summed E-state index contributed by atoms with van der Waals surface area (Å²) in [4.78, 5) is 17.0. The summed E-state index contributed by atoms with van der Waals surface area (Å²) in [6.07, 6.45) is 1.04. The number of hydrogen-bond acceptors (Lipinski definition) is 3. The van der Waals surface area contributed by atoms with Gasteiger partial charge in [-0.05, 0) is 40.5 Å². The van der Waals surface area contributed by atoms with Gasteiger partial charge in [0, 0.05) is 41.7 Å². The summed E-state index contributed by atoms with van der Waals surface area (Å²) in [7, 11) is 0. The molecule has 0 bridgehead atoms. The highest BCUT2D eigenvalue weighted by Gasteiger charge is 2.32. The molecule has 2 heterocycles. The standard InChI is InChI=1S/C15H18BrClN2O2/c16-14-9-11(17)1-2-13(14)15(20)19-4-3-12(10-19)18-5-7-21-8-6-18/h1-2,9,12H,3-8,10H2. The van der Waals surface area contributed by atoms with Crippen LogP contribution in [0.3, 0.4) is 0 Å². The van der Waals surface area contributed by atoms with Crippen LogP contribution in [0.4, 0.5) is 0 Å². The zero-order chi connectivity index (χ0) is 14.8. The molecule has 1 aromatic carbocycles. The van der Waals surface area contributed by atoms with E-state index in [9.17, 15) is 4.79 Å². The molecule has 3 rings (SSSR count). The van der Waals surface area contributed by atoms with Gasteiger partial charge < -0.3 is 9.64 Å². The molecule has 2 aliphatic heterocycles. The Morgan fingerprint density at radius 1 is 1.29 bits per heavy atom. The highest BCUT2D eigenvalue weighted by molar-refractivity contribution is 9.10. The third-order valence-corrected chi connectivity index (χ3v) is 5.07. The van der Waals surface area contributed by atoms with Crippen molar-refractivity contribution in [2.75, 3.05) is 39.4 Å². The van der Waals surface area contributed by atoms with Crippen molar-refractivity contribution in [2.45, 2.75) is 12.5 Å². The zero-order valence-electron chi connectivity index (χ0n) is 11.7. The lowest BCUT2D eigenvalue weighted by Gasteiger charge is -2.32. The van der Waals surface area contributed by atoms with E-state index in [0.29, 0.717) is 16.6 Å². The van der Waals surface area contributed by atoms with Crippen LogP contribution in [-0.4, -0.2) is 61.1 Å². The molecule has 0 N–H and O–H groups in total. The number of halogens is 2. The molecule has 1 unspecified atom stereocenters. The number of carbonyl (C=O) groups is 1. The molecule has 0 radical (unpaired) electrons. The van der Waals surface area contributed by atoms with Crippen LogP contribution in [-0.2, 0) is 4.74 Å². The molecule has 2 saturated heterocycles. The number of amides is 1. The second-order valence-electron chi connectivity index (χ2n) is 5.47. The summed E-state index contributed by atoms with van der Waals surface area (Å²) in [5.41, 5.74) is 0.682. The number of hydrogen-bond donors (Lipinski definition) is 0. The molecule has 1 amide bonds. The lowest BCUT2D eigenvalue weighted by molar-refractivity contribution is 0.0185. The fraction of sp³-hybridized carbons (Fsp3) is 0.533. The Morgan fingerprint density at radius 2 is 2.05 bits per heavy atom. The van der Waals surface area contributed by atoms with E-state index in [1.807, 2.05) is 4.90 Å². The summed E-state index contributed by atoms with van der Waals surface area (Å²) < 4.78 is 6.15. The minimum Gasteiger partial charge on any atom is -0.379 e. The van der Waals surface area contributed by atoms with Crippen LogP contribution in [0.2, 0.25) is 5.02 Å². The van der Waals surface area contributed by atoms with E-state index in [1.54, 1.807) is 18.2 Å². The maximum atomic E-state index is 12.6. The Kier molecular flexibility index (Phi) is 4.84. The number of likely N-dealkylation sites (tertiary alicyclic amines) is 1. The molecule has 4 nitrogen and oxygen atoms in total. The van der Waals surface area contributed by atoms with Crippen LogP contribution in [0.5, 0.6) is 0 Å². The van der Waals surface area contributed by atoms with Crippen molar-refractivity contribution in [2.24, 2.45) is 0 Å². The number of nitrogens with zero attached hydrogens (tertiary/aromatic N) is 2. The largest absolute Gasteiger partial charge is 0.379 e. The van der Waals surface area contributed by atoms with Crippen molar-refractivity contribution in [3.05, 3.63) is 33.3 Å². The molecular weight excluding hydrogens is 356 g/mol. The predicted molar refractivity (Wildman–Crippen MR) is 85.9 cm³/mol. The minimum atomic E-state index is 0.0781. The molecule has 21 heavy (non-hydrogen) atoms. The van der Waals surface area contributed by atoms with E-state index in [2.05, 4.69) is 20.8 Å². The average Bonchev–Trinajstić information content (AvgIpc) is 2.97. The number of morpholine rings is 1. The molecule has 0 spiro atoms. The molecule has 0 saturated carbocycles. The van der Waals surface area contributed by atoms with Gasteiger partial charge in [-0.2, -0.15) is 0 Å². The Morgan fingerprint density at radius 3 is 2.76 bits per heavy atom. The van der Waals surface area contributed by atoms with E-state index in [1.165, 1.54) is 0 Å². The van der Waals surface area contributed by atoms with Crippen LogP contribution in [0, 0.1) is 0 Å². The molecule has 2 fully saturated rings. The third-order valence-electron chi connectivity index (χ3n) is 4.17. The van der Waals surface area contributed by atoms with Gasteiger partial charge in [-0.1, -0.05) is 11.6 Å². The highest BCUT2D eigenvalue weighted by atomic mass is 79.9. The van der Waals surface area contributed by atoms with Crippen molar-refractivity contribution in [1.82, 2.24) is 9.80 Å². The van der Waals surface area contributed by atoms with Crippen molar-refractivity contribution in [3.8, 4) is 0 Å². The van der Waals surface area contributed by atoms with E-state index in [-0.39, 0.29) is 5.91 Å². The fourth-order valence-electron chi connectivity index (χ4n) is 3.00. The molecule has 1 atom stereocenters. The summed E-state index contributed by atoms with van der Waals surface area (Å²) in [5, 5.41) is 0.631. The van der Waals surface area contributed by atoms with Crippen molar-refractivity contribution in [1.29, 1.82) is 0 Å². The highest BCUT2D eigenvalue weighted by Crippen LogP contribution is 2.25. The summed E-state index contributed by atoms with van der Waals surface area (Å²) in [5.74, 6) is 0.0781. The molecule has 1 aromatic rings. The summed E-state index contributed by atoms with van der Waals surface area (Å²) in [6, 6.07) is 5.78. The topological polar surface area (TPSA) is 32.8 Å². The van der Waals surface area contributed by atoms with Gasteiger partial charge in [0.05, 0.1) is 18.8 Å². The molecular formula is C15H18BrClN2O2. The number of carbonyl (C=O) groups excluding carboxylic acids is 1. The maximum Gasteiger partial charge on any atom is 0.255 e. The van der Waals surface area contributed by atoms with Crippen LogP contribution < -0.4 is 0 Å². The third kappa shape index (κ3) is 3.42. The van der Waals surface area contributed by atoms with Crippen molar-refractivity contribution in [3.63, 3.8) is 0 Å². The SMILES string of the molecule is O=C(c1ccc(Cl)cc1Br)N1CCC(N2CCOCC2)C1. The van der Waals surface area contributed by atoms with Gasteiger partial charge in [-0.25, -0.2) is 0 Å². The quantitative estimate of drug-likeness (QED) is 0.799. The number of ether oxygens (including phenoxy) is 1. The van der Waals surface area contributed by atoms with Gasteiger partial charge in [0.1, 0.15) is 0 Å². The Bertz CT molecular complexity index is 534. The van der Waals surface area contributed by atoms with Gasteiger partial charge in [0.2, 0.25) is 0 Å². The van der Waals surface area contributed by atoms with Crippen molar-refractivity contribution < 1.29 is 9.53 Å².